The van der Waals surface area contributed by atoms with Crippen molar-refractivity contribution in [2.24, 2.45) is 0 Å². The van der Waals surface area contributed by atoms with Crippen molar-refractivity contribution in [3.8, 4) is 0 Å². The highest BCUT2D eigenvalue weighted by Crippen LogP contribution is 2.17. The van der Waals surface area contributed by atoms with Crippen LogP contribution in [0.15, 0.2) is 30.3 Å². The molecular formula is C11H11FO. The molecule has 1 rings (SSSR count). The Hall–Kier alpha value is -1.44. The maximum absolute atomic E-state index is 12.6. The molecule has 2 heteroatoms. The molecule has 0 saturated carbocycles. The highest BCUT2D eigenvalue weighted by atomic mass is 19.1. The average Bonchev–Trinajstić information content (AvgIpc) is 2.16. The number of rotatable bonds is 3. The third kappa shape index (κ3) is 2.51. The predicted molar refractivity (Wildman–Crippen MR) is 50.7 cm³/mol. The smallest absolute Gasteiger partial charge is 0.143 e. The maximum Gasteiger partial charge on any atom is 0.143 e. The molecule has 0 bridgehead atoms. The van der Waals surface area contributed by atoms with Crippen LogP contribution in [0.4, 0.5) is 4.39 Å². The summed E-state index contributed by atoms with van der Waals surface area (Å²) in [5.41, 5.74) is 1.83. The van der Waals surface area contributed by atoms with E-state index in [1.165, 1.54) is 18.2 Å². The normalized spacial score (nSPS) is 11.4. The zero-order valence-electron chi connectivity index (χ0n) is 7.46. The molecule has 68 valence electrons. The van der Waals surface area contributed by atoms with E-state index in [-0.39, 0.29) is 5.82 Å². The summed E-state index contributed by atoms with van der Waals surface area (Å²) in [7, 11) is 0. The summed E-state index contributed by atoms with van der Waals surface area (Å²) in [5, 5.41) is 0. The molecule has 0 fully saturated rings. The Bertz CT molecular complexity index is 311. The minimum absolute atomic E-state index is 0.259. The van der Waals surface area contributed by atoms with Crippen molar-refractivity contribution in [2.75, 3.05) is 0 Å². The summed E-state index contributed by atoms with van der Waals surface area (Å²) in [6, 6.07) is 6.13. The van der Waals surface area contributed by atoms with E-state index in [4.69, 9.17) is 0 Å². The molecule has 0 saturated heterocycles. The van der Waals surface area contributed by atoms with Gasteiger partial charge in [0.1, 0.15) is 12.1 Å². The van der Waals surface area contributed by atoms with Crippen LogP contribution in [0.2, 0.25) is 0 Å². The van der Waals surface area contributed by atoms with Gasteiger partial charge in [0.2, 0.25) is 0 Å². The Labute approximate surface area is 76.9 Å². The number of allylic oxidation sites excluding steroid dienone is 2. The molecule has 1 nitrogen and oxygen atoms in total. The molecule has 0 aliphatic carbocycles. The highest BCUT2D eigenvalue weighted by molar-refractivity contribution is 5.81. The summed E-state index contributed by atoms with van der Waals surface area (Å²) >= 11 is 0. The van der Waals surface area contributed by atoms with Crippen molar-refractivity contribution >= 4 is 11.9 Å². The number of hydrogen-bond acceptors (Lipinski definition) is 1. The van der Waals surface area contributed by atoms with Crippen LogP contribution in [0.3, 0.4) is 0 Å². The van der Waals surface area contributed by atoms with Crippen molar-refractivity contribution in [3.63, 3.8) is 0 Å². The molecule has 0 amide bonds. The zero-order chi connectivity index (χ0) is 9.68. The van der Waals surface area contributed by atoms with Gasteiger partial charge in [-0.15, -0.1) is 0 Å². The van der Waals surface area contributed by atoms with Crippen LogP contribution in [0.1, 0.15) is 18.9 Å². The van der Waals surface area contributed by atoms with Gasteiger partial charge in [0.25, 0.3) is 0 Å². The summed E-state index contributed by atoms with van der Waals surface area (Å²) in [4.78, 5) is 10.3. The van der Waals surface area contributed by atoms with Gasteiger partial charge in [0.05, 0.1) is 0 Å². The van der Waals surface area contributed by atoms with Gasteiger partial charge >= 0.3 is 0 Å². The van der Waals surface area contributed by atoms with Crippen LogP contribution < -0.4 is 0 Å². The second-order valence-electron chi connectivity index (χ2n) is 2.69. The van der Waals surface area contributed by atoms with E-state index in [1.807, 2.05) is 6.92 Å². The molecule has 0 radical (unpaired) electrons. The van der Waals surface area contributed by atoms with Crippen molar-refractivity contribution in [3.05, 3.63) is 41.7 Å². The third-order valence-corrected chi connectivity index (χ3v) is 1.87. The molecule has 0 spiro atoms. The van der Waals surface area contributed by atoms with Gasteiger partial charge in [0, 0.05) is 0 Å². The van der Waals surface area contributed by atoms with E-state index in [1.54, 1.807) is 12.1 Å². The van der Waals surface area contributed by atoms with Crippen LogP contribution in [-0.4, -0.2) is 6.29 Å². The van der Waals surface area contributed by atoms with Crippen molar-refractivity contribution < 1.29 is 9.18 Å². The van der Waals surface area contributed by atoms with E-state index in [0.29, 0.717) is 0 Å². The number of benzene rings is 1. The van der Waals surface area contributed by atoms with Crippen LogP contribution in [0.5, 0.6) is 0 Å². The molecule has 1 aromatic rings. The summed E-state index contributed by atoms with van der Waals surface area (Å²) < 4.78 is 12.6. The number of halogens is 1. The first kappa shape index (κ1) is 9.65. The van der Waals surface area contributed by atoms with Gasteiger partial charge in [0.15, 0.2) is 0 Å². The molecule has 0 N–H and O–H groups in total. The fourth-order valence-electron chi connectivity index (χ4n) is 1.16. The van der Waals surface area contributed by atoms with Gasteiger partial charge in [-0.25, -0.2) is 4.39 Å². The van der Waals surface area contributed by atoms with Gasteiger partial charge in [-0.2, -0.15) is 0 Å². The van der Waals surface area contributed by atoms with Gasteiger partial charge in [-0.1, -0.05) is 19.1 Å². The molecular weight excluding hydrogens is 167 g/mol. The second-order valence-corrected chi connectivity index (χ2v) is 2.69. The fourth-order valence-corrected chi connectivity index (χ4v) is 1.16. The topological polar surface area (TPSA) is 17.1 Å². The lowest BCUT2D eigenvalue weighted by Crippen LogP contribution is -1.84. The standard InChI is InChI=1S/C11H11FO/c1-2-9(7-8-13)10-3-5-11(12)6-4-10/h3-8H,2H2,1H3/b9-7-. The molecule has 0 heterocycles. The lowest BCUT2D eigenvalue weighted by molar-refractivity contribution is -0.104. The molecule has 0 aliphatic heterocycles. The first-order valence-electron chi connectivity index (χ1n) is 4.18. The molecule has 1 aromatic carbocycles. The van der Waals surface area contributed by atoms with Crippen LogP contribution in [0, 0.1) is 5.82 Å². The van der Waals surface area contributed by atoms with Crippen molar-refractivity contribution in [2.45, 2.75) is 13.3 Å². The van der Waals surface area contributed by atoms with Crippen molar-refractivity contribution in [1.29, 1.82) is 0 Å². The number of carbonyl (C=O) groups excluding carboxylic acids is 1. The van der Waals surface area contributed by atoms with Gasteiger partial charge in [-0.05, 0) is 35.8 Å². The SMILES string of the molecule is CC/C(=C/C=O)c1ccc(F)cc1. The van der Waals surface area contributed by atoms with Crippen LogP contribution >= 0.6 is 0 Å². The van der Waals surface area contributed by atoms with E-state index < -0.39 is 0 Å². The van der Waals surface area contributed by atoms with Crippen LogP contribution in [-0.2, 0) is 4.79 Å². The number of hydrogen-bond donors (Lipinski definition) is 0. The highest BCUT2D eigenvalue weighted by Gasteiger charge is 1.98. The summed E-state index contributed by atoms with van der Waals surface area (Å²) in [6.45, 7) is 1.96. The Morgan fingerprint density at radius 1 is 1.38 bits per heavy atom. The maximum atomic E-state index is 12.6. The molecule has 13 heavy (non-hydrogen) atoms. The van der Waals surface area contributed by atoms with Crippen LogP contribution in [0.25, 0.3) is 5.57 Å². The fraction of sp³-hybridized carbons (Fsp3) is 0.182. The Morgan fingerprint density at radius 3 is 2.46 bits per heavy atom. The lowest BCUT2D eigenvalue weighted by Gasteiger charge is -2.02. The first-order chi connectivity index (χ1) is 6.27. The largest absolute Gasteiger partial charge is 0.299 e. The Balaban J connectivity index is 2.99. The first-order valence-corrected chi connectivity index (χ1v) is 4.18. The van der Waals surface area contributed by atoms with Crippen molar-refractivity contribution in [1.82, 2.24) is 0 Å². The number of carbonyl (C=O) groups is 1. The summed E-state index contributed by atoms with van der Waals surface area (Å²) in [6.07, 6.45) is 3.03. The summed E-state index contributed by atoms with van der Waals surface area (Å²) in [5.74, 6) is -0.259. The monoisotopic (exact) mass is 178 g/mol. The Morgan fingerprint density at radius 2 is 2.00 bits per heavy atom. The second kappa shape index (κ2) is 4.55. The Kier molecular flexibility index (Phi) is 3.38. The number of aldehydes is 1. The van der Waals surface area contributed by atoms with E-state index in [2.05, 4.69) is 0 Å². The predicted octanol–water partition coefficient (Wildman–Crippen LogP) is 2.82. The molecule has 0 atom stereocenters. The van der Waals surface area contributed by atoms with Gasteiger partial charge in [-0.3, -0.25) is 4.79 Å². The van der Waals surface area contributed by atoms with Gasteiger partial charge < -0.3 is 0 Å². The van der Waals surface area contributed by atoms with E-state index >= 15 is 0 Å². The quantitative estimate of drug-likeness (QED) is 0.513. The van der Waals surface area contributed by atoms with E-state index in [0.717, 1.165) is 23.8 Å². The average molecular weight is 178 g/mol. The molecule has 0 unspecified atom stereocenters. The third-order valence-electron chi connectivity index (χ3n) is 1.87. The zero-order valence-corrected chi connectivity index (χ0v) is 7.46. The molecule has 0 aliphatic rings. The minimum atomic E-state index is -0.259. The molecule has 0 aromatic heterocycles. The van der Waals surface area contributed by atoms with E-state index in [9.17, 15) is 9.18 Å². The minimum Gasteiger partial charge on any atom is -0.299 e. The lowest BCUT2D eigenvalue weighted by atomic mass is 10.0.